The molecule has 0 spiro atoms. The number of aromatic amines is 2. The average molecular weight is 718 g/mol. The van der Waals surface area contributed by atoms with Gasteiger partial charge in [-0.2, -0.15) is 0 Å². The molecule has 2 fully saturated rings. The minimum absolute atomic E-state index is 0.0141. The van der Waals surface area contributed by atoms with Crippen molar-refractivity contribution in [2.75, 3.05) is 13.8 Å². The number of aromatic nitrogens is 4. The fourth-order valence-corrected chi connectivity index (χ4v) is 8.86. The minimum Gasteiger partial charge on any atom is -0.488 e. The van der Waals surface area contributed by atoms with E-state index in [-0.39, 0.29) is 47.9 Å². The molecule has 3 aliphatic heterocycles. The van der Waals surface area contributed by atoms with Crippen LogP contribution in [0.2, 0.25) is 0 Å². The third kappa shape index (κ3) is 6.27. The van der Waals surface area contributed by atoms with E-state index in [1.165, 1.54) is 0 Å². The van der Waals surface area contributed by atoms with Crippen LogP contribution in [0.15, 0.2) is 48.7 Å². The lowest BCUT2D eigenvalue weighted by molar-refractivity contribution is -0.138. The standard InChI is InChI=1S/C42H51N7O4/c1-7-8-37(50)48-24(4)9-15-34(48)40-43-20-33(46-40)27-11-13-29-28(17-27)21-53-36-19-30-26(18-31(29)36)12-14-32-39(30)47-41(45-32)35-16-10-25(5)49(35)42(51)38(23(2)3)44-22-52-6/h11-14,17-20,23-25,34-35,38,44H,7-10,15-16,21-22H2,1-6H3,(H,43,46)(H,45,47)/t24-,25-,34-,35-,38-/m0/s1. The van der Waals surface area contributed by atoms with E-state index in [0.29, 0.717) is 19.8 Å². The lowest BCUT2D eigenvalue weighted by Gasteiger charge is -2.33. The summed E-state index contributed by atoms with van der Waals surface area (Å²) in [5, 5.41) is 5.38. The number of benzene rings is 3. The fraction of sp³-hybridized carbons (Fsp3) is 0.476. The van der Waals surface area contributed by atoms with E-state index >= 15 is 0 Å². The number of likely N-dealkylation sites (tertiary alicyclic amines) is 2. The molecule has 2 saturated heterocycles. The summed E-state index contributed by atoms with van der Waals surface area (Å²) < 4.78 is 11.7. The Bertz CT molecular complexity index is 2170. The SMILES string of the molecule is CCCC(=O)N1[C@@H](C)CC[C@H]1c1ncc(-c2ccc3c(c2)COc2cc4c(ccc5[nH]c([C@@H]6CC[C@H](C)N6C(=O)[C@@H](NCOC)C(C)C)nc54)cc2-3)[nH]1. The van der Waals surface area contributed by atoms with Gasteiger partial charge in [0.25, 0.3) is 0 Å². The lowest BCUT2D eigenvalue weighted by atomic mass is 9.92. The zero-order valence-electron chi connectivity index (χ0n) is 31.7. The zero-order valence-corrected chi connectivity index (χ0v) is 31.7. The molecule has 8 rings (SSSR count). The van der Waals surface area contributed by atoms with Crippen LogP contribution in [-0.4, -0.2) is 73.5 Å². The van der Waals surface area contributed by atoms with Crippen LogP contribution in [0.5, 0.6) is 5.75 Å². The molecule has 278 valence electrons. The van der Waals surface area contributed by atoms with E-state index < -0.39 is 0 Å². The Kier molecular flexibility index (Phi) is 9.49. The molecule has 5 atom stereocenters. The van der Waals surface area contributed by atoms with Gasteiger partial charge in [-0.15, -0.1) is 0 Å². The Morgan fingerprint density at radius 3 is 2.49 bits per heavy atom. The molecule has 0 aliphatic carbocycles. The predicted octanol–water partition coefficient (Wildman–Crippen LogP) is 7.79. The van der Waals surface area contributed by atoms with Crippen molar-refractivity contribution in [1.29, 1.82) is 0 Å². The first-order valence-electron chi connectivity index (χ1n) is 19.3. The number of hydrogen-bond acceptors (Lipinski definition) is 7. The monoisotopic (exact) mass is 717 g/mol. The van der Waals surface area contributed by atoms with Gasteiger partial charge in [0.15, 0.2) is 0 Å². The van der Waals surface area contributed by atoms with Gasteiger partial charge >= 0.3 is 0 Å². The van der Waals surface area contributed by atoms with E-state index in [1.807, 2.05) is 16.0 Å². The number of fused-ring (bicyclic) bond motifs is 6. The largest absolute Gasteiger partial charge is 0.488 e. The number of amides is 2. The van der Waals surface area contributed by atoms with E-state index in [2.05, 4.69) is 92.4 Å². The highest BCUT2D eigenvalue weighted by Gasteiger charge is 2.41. The van der Waals surface area contributed by atoms with Crippen LogP contribution < -0.4 is 10.1 Å². The van der Waals surface area contributed by atoms with Crippen LogP contribution in [0.4, 0.5) is 0 Å². The van der Waals surface area contributed by atoms with Crippen molar-refractivity contribution in [3.63, 3.8) is 0 Å². The molecule has 0 unspecified atom stereocenters. The molecule has 11 nitrogen and oxygen atoms in total. The highest BCUT2D eigenvalue weighted by atomic mass is 16.5. The van der Waals surface area contributed by atoms with Crippen LogP contribution in [-0.2, 0) is 20.9 Å². The molecule has 11 heteroatoms. The molecule has 3 N–H and O–H groups in total. The van der Waals surface area contributed by atoms with Gasteiger partial charge in [0, 0.05) is 36.6 Å². The minimum atomic E-state index is -0.336. The van der Waals surface area contributed by atoms with Crippen LogP contribution in [0.3, 0.4) is 0 Å². The first kappa shape index (κ1) is 35.3. The molecular weight excluding hydrogens is 667 g/mol. The predicted molar refractivity (Wildman–Crippen MR) is 206 cm³/mol. The van der Waals surface area contributed by atoms with Gasteiger partial charge in [-0.3, -0.25) is 14.9 Å². The molecule has 3 aromatic carbocycles. The van der Waals surface area contributed by atoms with Crippen molar-refractivity contribution in [3.05, 3.63) is 65.9 Å². The number of H-pyrrole nitrogens is 2. The number of rotatable bonds is 10. The Hall–Kier alpha value is -4.74. The number of carbonyl (C=O) groups is 2. The molecule has 2 amide bonds. The highest BCUT2D eigenvalue weighted by Crippen LogP contribution is 2.44. The maximum Gasteiger partial charge on any atom is 0.240 e. The molecule has 53 heavy (non-hydrogen) atoms. The van der Waals surface area contributed by atoms with Crippen molar-refractivity contribution in [2.45, 2.75) is 110 Å². The Labute approximate surface area is 310 Å². The second kappa shape index (κ2) is 14.2. The summed E-state index contributed by atoms with van der Waals surface area (Å²) >= 11 is 0. The normalized spacial score (nSPS) is 21.7. The van der Waals surface area contributed by atoms with Crippen LogP contribution in [0, 0.1) is 5.92 Å². The van der Waals surface area contributed by atoms with Gasteiger partial charge in [0.1, 0.15) is 24.0 Å². The Balaban J connectivity index is 1.07. The van der Waals surface area contributed by atoms with Gasteiger partial charge in [-0.1, -0.05) is 39.0 Å². The summed E-state index contributed by atoms with van der Waals surface area (Å²) in [6.07, 6.45) is 6.98. The third-order valence-electron chi connectivity index (χ3n) is 11.6. The quantitative estimate of drug-likeness (QED) is 0.126. The number of nitrogens with zero attached hydrogens (tertiary/aromatic N) is 4. The summed E-state index contributed by atoms with van der Waals surface area (Å²) in [5.41, 5.74) is 7.13. The van der Waals surface area contributed by atoms with Crippen LogP contribution in [0.1, 0.15) is 102 Å². The second-order valence-corrected chi connectivity index (χ2v) is 15.5. The van der Waals surface area contributed by atoms with Crippen LogP contribution >= 0.6 is 0 Å². The van der Waals surface area contributed by atoms with Crippen molar-refractivity contribution in [2.24, 2.45) is 5.92 Å². The Morgan fingerprint density at radius 1 is 0.962 bits per heavy atom. The van der Waals surface area contributed by atoms with Gasteiger partial charge in [-0.25, -0.2) is 9.97 Å². The van der Waals surface area contributed by atoms with E-state index in [0.717, 1.165) is 99.3 Å². The second-order valence-electron chi connectivity index (χ2n) is 15.5. The molecule has 5 heterocycles. The fourth-order valence-electron chi connectivity index (χ4n) is 8.86. The van der Waals surface area contributed by atoms with Crippen molar-refractivity contribution in [1.82, 2.24) is 35.1 Å². The number of ether oxygens (including phenoxy) is 2. The molecule has 0 radical (unpaired) electrons. The highest BCUT2D eigenvalue weighted by molar-refractivity contribution is 6.07. The molecule has 0 saturated carbocycles. The number of hydrogen-bond donors (Lipinski definition) is 3. The zero-order chi connectivity index (χ0) is 37.0. The molecule has 2 aromatic heterocycles. The number of nitrogens with one attached hydrogen (secondary N) is 3. The summed E-state index contributed by atoms with van der Waals surface area (Å²) in [6, 6.07) is 14.9. The molecule has 5 aromatic rings. The third-order valence-corrected chi connectivity index (χ3v) is 11.6. The van der Waals surface area contributed by atoms with Crippen molar-refractivity contribution in [3.8, 4) is 28.1 Å². The number of carbonyl (C=O) groups excluding carboxylic acids is 2. The van der Waals surface area contributed by atoms with Crippen molar-refractivity contribution >= 4 is 33.6 Å². The summed E-state index contributed by atoms with van der Waals surface area (Å²) in [5.74, 6) is 2.92. The molecule has 3 aliphatic rings. The van der Waals surface area contributed by atoms with E-state index in [1.54, 1.807) is 7.11 Å². The Morgan fingerprint density at radius 2 is 1.74 bits per heavy atom. The average Bonchev–Trinajstić information content (AvgIpc) is 3.96. The summed E-state index contributed by atoms with van der Waals surface area (Å²) in [7, 11) is 1.63. The summed E-state index contributed by atoms with van der Waals surface area (Å²) in [6.45, 7) is 11.2. The van der Waals surface area contributed by atoms with E-state index in [9.17, 15) is 9.59 Å². The first-order chi connectivity index (χ1) is 25.7. The van der Waals surface area contributed by atoms with Crippen molar-refractivity contribution < 1.29 is 19.1 Å². The smallest absolute Gasteiger partial charge is 0.240 e. The first-order valence-corrected chi connectivity index (χ1v) is 19.3. The maximum atomic E-state index is 13.9. The van der Waals surface area contributed by atoms with Gasteiger partial charge in [0.05, 0.1) is 47.8 Å². The van der Waals surface area contributed by atoms with E-state index in [4.69, 9.17) is 19.4 Å². The number of methoxy groups -OCH3 is 1. The lowest BCUT2D eigenvalue weighted by Crippen LogP contribution is -2.51. The van der Waals surface area contributed by atoms with Gasteiger partial charge in [0.2, 0.25) is 11.8 Å². The molecule has 0 bridgehead atoms. The topological polar surface area (TPSA) is 128 Å². The van der Waals surface area contributed by atoms with Crippen LogP contribution in [0.25, 0.3) is 44.2 Å². The van der Waals surface area contributed by atoms with Gasteiger partial charge < -0.3 is 29.2 Å². The number of imidazole rings is 2. The maximum absolute atomic E-state index is 13.9. The summed E-state index contributed by atoms with van der Waals surface area (Å²) in [4.78, 5) is 48.0. The van der Waals surface area contributed by atoms with Gasteiger partial charge in [-0.05, 0) is 98.2 Å². The molecular formula is C42H51N7O4.